The number of carbonyl (C=O) groups is 2. The van der Waals surface area contributed by atoms with Gasteiger partial charge in [0.2, 0.25) is 11.6 Å². The molecule has 0 heterocycles. The molecule has 0 unspecified atom stereocenters. The van der Waals surface area contributed by atoms with Crippen LogP contribution in [0.4, 0.5) is 5.69 Å². The maximum atomic E-state index is 13.5. The zero-order valence-electron chi connectivity index (χ0n) is 16.1. The van der Waals surface area contributed by atoms with Gasteiger partial charge in [-0.3, -0.25) is 9.59 Å². The Hall–Kier alpha value is -3.40. The van der Waals surface area contributed by atoms with Gasteiger partial charge >= 0.3 is 0 Å². The van der Waals surface area contributed by atoms with Crippen molar-refractivity contribution in [3.8, 4) is 5.75 Å². The molecule has 1 N–H and O–H groups in total. The molecule has 0 fully saturated rings. The van der Waals surface area contributed by atoms with Gasteiger partial charge in [-0.1, -0.05) is 42.5 Å². The van der Waals surface area contributed by atoms with Crippen LogP contribution in [0.3, 0.4) is 0 Å². The number of rotatable bonds is 4. The van der Waals surface area contributed by atoms with Crippen LogP contribution in [0.1, 0.15) is 37.4 Å². The summed E-state index contributed by atoms with van der Waals surface area (Å²) in [7, 11) is 1.58. The molecule has 0 amide bonds. The zero-order valence-corrected chi connectivity index (χ0v) is 16.1. The lowest BCUT2D eigenvalue weighted by molar-refractivity contribution is 0.0818. The molecule has 1 aliphatic rings. The van der Waals surface area contributed by atoms with E-state index in [2.05, 4.69) is 11.4 Å². The summed E-state index contributed by atoms with van der Waals surface area (Å²) >= 11 is 0. The highest BCUT2D eigenvalue weighted by Crippen LogP contribution is 2.41. The number of carbonyl (C=O) groups excluding carboxylic acids is 2. The minimum absolute atomic E-state index is 0.238. The maximum Gasteiger partial charge on any atom is 0.201 e. The van der Waals surface area contributed by atoms with Crippen LogP contribution in [-0.2, 0) is 5.54 Å². The van der Waals surface area contributed by atoms with E-state index in [0.717, 1.165) is 16.8 Å². The summed E-state index contributed by atoms with van der Waals surface area (Å²) in [6.45, 7) is 3.98. The fourth-order valence-corrected chi connectivity index (χ4v) is 3.94. The van der Waals surface area contributed by atoms with Crippen molar-refractivity contribution >= 4 is 17.3 Å². The zero-order chi connectivity index (χ0) is 19.9. The molecule has 28 heavy (non-hydrogen) atoms. The standard InChI is InChI=1S/C24H21NO3/c1-15-12-16(2)14-18(13-15)25-24(17-8-10-19(28-3)11-9-17)22(26)20-6-4-5-7-21(20)23(24)27/h4-14,25H,1-3H3. The number of ketones is 2. The largest absolute Gasteiger partial charge is 0.497 e. The first-order valence-electron chi connectivity index (χ1n) is 9.15. The molecule has 4 nitrogen and oxygen atoms in total. The van der Waals surface area contributed by atoms with Gasteiger partial charge in [0, 0.05) is 16.8 Å². The quantitative estimate of drug-likeness (QED) is 0.676. The average Bonchev–Trinajstić information content (AvgIpc) is 2.90. The molecule has 0 aromatic heterocycles. The van der Waals surface area contributed by atoms with Crippen LogP contribution in [0.15, 0.2) is 66.7 Å². The second-order valence-electron chi connectivity index (χ2n) is 7.18. The molecular formula is C24H21NO3. The summed E-state index contributed by atoms with van der Waals surface area (Å²) in [5, 5.41) is 3.30. The van der Waals surface area contributed by atoms with E-state index in [1.807, 2.05) is 26.0 Å². The Bertz CT molecular complexity index is 1030. The third kappa shape index (κ3) is 2.69. The second-order valence-corrected chi connectivity index (χ2v) is 7.18. The molecule has 0 spiro atoms. The lowest BCUT2D eigenvalue weighted by Crippen LogP contribution is -2.46. The molecule has 0 aliphatic heterocycles. The Balaban J connectivity index is 1.91. The van der Waals surface area contributed by atoms with Gasteiger partial charge in [-0.15, -0.1) is 0 Å². The minimum atomic E-state index is -1.49. The molecule has 3 aromatic carbocycles. The molecule has 0 radical (unpaired) electrons. The van der Waals surface area contributed by atoms with Crippen LogP contribution in [0.2, 0.25) is 0 Å². The van der Waals surface area contributed by atoms with E-state index in [9.17, 15) is 9.59 Å². The van der Waals surface area contributed by atoms with Crippen molar-refractivity contribution in [2.45, 2.75) is 19.4 Å². The number of aryl methyl sites for hydroxylation is 2. The number of Topliss-reactive ketones (excluding diaryl/α,β-unsaturated/α-hetero) is 2. The Kier molecular flexibility index (Phi) is 4.27. The Morgan fingerprint density at radius 2 is 1.32 bits per heavy atom. The number of anilines is 1. The first-order chi connectivity index (χ1) is 13.5. The highest BCUT2D eigenvalue weighted by atomic mass is 16.5. The van der Waals surface area contributed by atoms with Crippen LogP contribution >= 0.6 is 0 Å². The number of hydrogen-bond donors (Lipinski definition) is 1. The Morgan fingerprint density at radius 3 is 1.82 bits per heavy atom. The van der Waals surface area contributed by atoms with Crippen LogP contribution in [0, 0.1) is 13.8 Å². The lowest BCUT2D eigenvalue weighted by atomic mass is 9.84. The van der Waals surface area contributed by atoms with Gasteiger partial charge in [0.25, 0.3) is 0 Å². The van der Waals surface area contributed by atoms with Gasteiger partial charge in [0.1, 0.15) is 5.75 Å². The topological polar surface area (TPSA) is 55.4 Å². The van der Waals surface area contributed by atoms with E-state index in [1.54, 1.807) is 55.6 Å². The fraction of sp³-hybridized carbons (Fsp3) is 0.167. The lowest BCUT2D eigenvalue weighted by Gasteiger charge is -2.29. The van der Waals surface area contributed by atoms with Gasteiger partial charge in [0.05, 0.1) is 7.11 Å². The average molecular weight is 371 g/mol. The molecule has 4 rings (SSSR count). The highest BCUT2D eigenvalue weighted by Gasteiger charge is 2.54. The van der Waals surface area contributed by atoms with E-state index in [1.165, 1.54) is 0 Å². The predicted molar refractivity (Wildman–Crippen MR) is 109 cm³/mol. The number of nitrogens with one attached hydrogen (secondary N) is 1. The summed E-state index contributed by atoms with van der Waals surface area (Å²) in [5.41, 5.74) is 2.85. The van der Waals surface area contributed by atoms with Crippen LogP contribution in [0.25, 0.3) is 0 Å². The summed E-state index contributed by atoms with van der Waals surface area (Å²) < 4.78 is 5.24. The van der Waals surface area contributed by atoms with Gasteiger partial charge in [-0.25, -0.2) is 0 Å². The van der Waals surface area contributed by atoms with Gasteiger partial charge in [-0.2, -0.15) is 0 Å². The SMILES string of the molecule is COc1ccc(C2(Nc3cc(C)cc(C)c3)C(=O)c3ccccc3C2=O)cc1. The van der Waals surface area contributed by atoms with Gasteiger partial charge < -0.3 is 10.1 Å². The smallest absolute Gasteiger partial charge is 0.201 e. The van der Waals surface area contributed by atoms with Crippen molar-refractivity contribution < 1.29 is 14.3 Å². The van der Waals surface area contributed by atoms with Crippen LogP contribution in [-0.4, -0.2) is 18.7 Å². The van der Waals surface area contributed by atoms with E-state index in [-0.39, 0.29) is 11.6 Å². The Labute approximate surface area is 164 Å². The van der Waals surface area contributed by atoms with Crippen molar-refractivity contribution in [2.75, 3.05) is 12.4 Å². The first kappa shape index (κ1) is 18.0. The normalized spacial score (nSPS) is 14.7. The predicted octanol–water partition coefficient (Wildman–Crippen LogP) is 4.70. The number of hydrogen-bond acceptors (Lipinski definition) is 4. The monoisotopic (exact) mass is 371 g/mol. The maximum absolute atomic E-state index is 13.5. The summed E-state index contributed by atoms with van der Waals surface area (Å²) in [5.74, 6) is 0.190. The first-order valence-corrected chi connectivity index (χ1v) is 9.15. The van der Waals surface area contributed by atoms with Gasteiger partial charge in [0.15, 0.2) is 5.54 Å². The highest BCUT2D eigenvalue weighted by molar-refractivity contribution is 6.34. The molecule has 0 saturated heterocycles. The summed E-state index contributed by atoms with van der Waals surface area (Å²) in [6.07, 6.45) is 0. The molecule has 4 heteroatoms. The number of benzene rings is 3. The molecule has 140 valence electrons. The van der Waals surface area contributed by atoms with Crippen LogP contribution in [0.5, 0.6) is 5.75 Å². The molecule has 1 aliphatic carbocycles. The summed E-state index contributed by atoms with van der Waals surface area (Å²) in [4.78, 5) is 27.1. The molecule has 0 atom stereocenters. The van der Waals surface area contributed by atoms with Crippen molar-refractivity contribution in [1.82, 2.24) is 0 Å². The minimum Gasteiger partial charge on any atom is -0.497 e. The van der Waals surface area contributed by atoms with Crippen molar-refractivity contribution in [2.24, 2.45) is 0 Å². The van der Waals surface area contributed by atoms with E-state index in [0.29, 0.717) is 22.4 Å². The van der Waals surface area contributed by atoms with Crippen molar-refractivity contribution in [3.05, 3.63) is 94.5 Å². The molecule has 3 aromatic rings. The Morgan fingerprint density at radius 1 is 0.786 bits per heavy atom. The molecule has 0 saturated carbocycles. The van der Waals surface area contributed by atoms with Crippen LogP contribution < -0.4 is 10.1 Å². The molecular weight excluding hydrogens is 350 g/mol. The second kappa shape index (κ2) is 6.64. The van der Waals surface area contributed by atoms with E-state index >= 15 is 0 Å². The number of methoxy groups -OCH3 is 1. The third-order valence-electron chi connectivity index (χ3n) is 5.17. The third-order valence-corrected chi connectivity index (χ3v) is 5.17. The number of ether oxygens (including phenoxy) is 1. The van der Waals surface area contributed by atoms with E-state index in [4.69, 9.17) is 4.74 Å². The summed E-state index contributed by atoms with van der Waals surface area (Å²) in [6, 6.07) is 20.0. The van der Waals surface area contributed by atoms with E-state index < -0.39 is 5.54 Å². The molecule has 0 bridgehead atoms. The van der Waals surface area contributed by atoms with Crippen molar-refractivity contribution in [3.63, 3.8) is 0 Å². The number of fused-ring (bicyclic) bond motifs is 1. The van der Waals surface area contributed by atoms with Crippen molar-refractivity contribution in [1.29, 1.82) is 0 Å². The van der Waals surface area contributed by atoms with Gasteiger partial charge in [-0.05, 0) is 54.8 Å². The fourth-order valence-electron chi connectivity index (χ4n) is 3.94.